The molecule has 2 aromatic carbocycles. The number of hydrogen-bond acceptors (Lipinski definition) is 7. The number of H-pyrrole nitrogens is 2. The summed E-state index contributed by atoms with van der Waals surface area (Å²) in [6.07, 6.45) is 0.297. The number of fused-ring (bicyclic) bond motifs is 1. The summed E-state index contributed by atoms with van der Waals surface area (Å²) in [7, 11) is 0. The van der Waals surface area contributed by atoms with Crippen LogP contribution in [0.5, 0.6) is 11.5 Å². The monoisotopic (exact) mass is 477 g/mol. The highest BCUT2D eigenvalue weighted by Crippen LogP contribution is 2.35. The maximum atomic E-state index is 12.4. The molecule has 0 radical (unpaired) electrons. The zero-order valence-corrected chi connectivity index (χ0v) is 20.0. The van der Waals surface area contributed by atoms with Crippen molar-refractivity contribution in [2.24, 2.45) is 5.92 Å². The number of nitrogens with zero attached hydrogens (tertiary/aromatic N) is 3. The molecule has 0 amide bonds. The van der Waals surface area contributed by atoms with Crippen LogP contribution in [0.2, 0.25) is 0 Å². The Hall–Kier alpha value is -4.21. The zero-order valence-electron chi connectivity index (χ0n) is 20.0. The first kappa shape index (κ1) is 23.9. The van der Waals surface area contributed by atoms with Crippen molar-refractivity contribution >= 4 is 17.1 Å². The fourth-order valence-electron chi connectivity index (χ4n) is 3.76. The van der Waals surface area contributed by atoms with E-state index in [1.54, 1.807) is 6.92 Å². The lowest BCUT2D eigenvalue weighted by Gasteiger charge is -2.18. The van der Waals surface area contributed by atoms with Crippen molar-refractivity contribution in [1.82, 2.24) is 25.4 Å². The topological polar surface area (TPSA) is 143 Å². The average Bonchev–Trinajstić information content (AvgIpc) is 3.29. The van der Waals surface area contributed by atoms with Gasteiger partial charge in [-0.25, -0.2) is 10.1 Å². The molecule has 0 aliphatic heterocycles. The summed E-state index contributed by atoms with van der Waals surface area (Å²) in [5.74, 6) is 0.126. The molecular weight excluding hydrogens is 450 g/mol. The first-order valence-corrected chi connectivity index (χ1v) is 11.4. The van der Waals surface area contributed by atoms with E-state index in [0.29, 0.717) is 35.9 Å². The maximum absolute atomic E-state index is 12.4. The minimum absolute atomic E-state index is 0.0411. The lowest BCUT2D eigenvalue weighted by Crippen LogP contribution is -2.14. The largest absolute Gasteiger partial charge is 0.493 e. The number of rotatable bonds is 9. The highest BCUT2D eigenvalue weighted by Gasteiger charge is 2.18. The van der Waals surface area contributed by atoms with Gasteiger partial charge in [0.1, 0.15) is 17.3 Å². The van der Waals surface area contributed by atoms with Gasteiger partial charge in [-0.05, 0) is 68.1 Å². The van der Waals surface area contributed by atoms with E-state index >= 15 is 0 Å². The molecule has 1 atom stereocenters. The summed E-state index contributed by atoms with van der Waals surface area (Å²) in [4.78, 5) is 31.0. The number of nitrogens with one attached hydrogen (secondary N) is 2. The van der Waals surface area contributed by atoms with E-state index in [0.717, 1.165) is 16.7 Å². The number of carbonyl (C=O) groups is 1. The Balaban J connectivity index is 1.77. The van der Waals surface area contributed by atoms with Crippen molar-refractivity contribution in [3.63, 3.8) is 0 Å². The first-order chi connectivity index (χ1) is 16.8. The molecule has 35 heavy (non-hydrogen) atoms. The van der Waals surface area contributed by atoms with Gasteiger partial charge in [0, 0.05) is 0 Å². The second-order valence-corrected chi connectivity index (χ2v) is 8.50. The fourth-order valence-corrected chi connectivity index (χ4v) is 3.76. The second-order valence-electron chi connectivity index (χ2n) is 8.50. The molecule has 10 heteroatoms. The van der Waals surface area contributed by atoms with Crippen LogP contribution in [0.25, 0.3) is 33.7 Å². The van der Waals surface area contributed by atoms with Crippen LogP contribution in [0.3, 0.4) is 0 Å². The normalized spacial score (nSPS) is 12.1. The fraction of sp³-hybridized carbons (Fsp3) is 0.320. The summed E-state index contributed by atoms with van der Waals surface area (Å²) < 4.78 is 11.8. The van der Waals surface area contributed by atoms with Crippen molar-refractivity contribution < 1.29 is 19.4 Å². The van der Waals surface area contributed by atoms with Crippen molar-refractivity contribution in [2.75, 3.05) is 6.61 Å². The van der Waals surface area contributed by atoms with Gasteiger partial charge in [0.25, 0.3) is 5.56 Å². The second kappa shape index (κ2) is 9.96. The Labute approximate surface area is 201 Å². The Morgan fingerprint density at radius 1 is 1.09 bits per heavy atom. The Morgan fingerprint density at radius 3 is 2.54 bits per heavy atom. The SMILES string of the molecule is CCOc1cc(-c2ccc(OC(C)C)c(C[C@H](C)C(=O)O)c2)ccc1-c1nc2[nH]nnc2c(=O)[nH]1. The van der Waals surface area contributed by atoms with Gasteiger partial charge in [0.05, 0.1) is 24.2 Å². The van der Waals surface area contributed by atoms with Crippen LogP contribution in [-0.2, 0) is 11.2 Å². The molecule has 0 spiro atoms. The highest BCUT2D eigenvalue weighted by atomic mass is 16.5. The summed E-state index contributed by atoms with van der Waals surface area (Å²) in [5.41, 5.74) is 3.20. The van der Waals surface area contributed by atoms with E-state index in [2.05, 4.69) is 25.4 Å². The molecular formula is C25H27N5O5. The van der Waals surface area contributed by atoms with Crippen LogP contribution in [0.1, 0.15) is 33.3 Å². The number of carboxylic acids is 1. The van der Waals surface area contributed by atoms with Gasteiger partial charge in [-0.15, -0.1) is 5.10 Å². The van der Waals surface area contributed by atoms with Gasteiger partial charge in [-0.1, -0.05) is 24.3 Å². The van der Waals surface area contributed by atoms with Gasteiger partial charge in [0.15, 0.2) is 11.2 Å². The van der Waals surface area contributed by atoms with Crippen LogP contribution in [0, 0.1) is 5.92 Å². The van der Waals surface area contributed by atoms with Crippen LogP contribution in [0.15, 0.2) is 41.2 Å². The number of benzene rings is 2. The van der Waals surface area contributed by atoms with Crippen LogP contribution in [0.4, 0.5) is 0 Å². The maximum Gasteiger partial charge on any atom is 0.306 e. The predicted molar refractivity (Wildman–Crippen MR) is 131 cm³/mol. The molecule has 0 bridgehead atoms. The number of ether oxygens (including phenoxy) is 2. The zero-order chi connectivity index (χ0) is 25.1. The molecule has 0 aliphatic rings. The Bertz CT molecular complexity index is 1430. The minimum Gasteiger partial charge on any atom is -0.493 e. The molecule has 2 aromatic heterocycles. The molecule has 0 saturated carbocycles. The van der Waals surface area contributed by atoms with Gasteiger partial charge >= 0.3 is 5.97 Å². The molecule has 182 valence electrons. The lowest BCUT2D eigenvalue weighted by atomic mass is 9.95. The van der Waals surface area contributed by atoms with E-state index in [4.69, 9.17) is 9.47 Å². The van der Waals surface area contributed by atoms with Crippen molar-refractivity contribution in [2.45, 2.75) is 40.2 Å². The highest BCUT2D eigenvalue weighted by molar-refractivity contribution is 5.77. The third-order valence-corrected chi connectivity index (χ3v) is 5.44. The summed E-state index contributed by atoms with van der Waals surface area (Å²) in [5, 5.41) is 19.4. The number of carboxylic acid groups (broad SMARTS) is 1. The van der Waals surface area contributed by atoms with Crippen LogP contribution < -0.4 is 15.0 Å². The first-order valence-electron chi connectivity index (χ1n) is 11.4. The van der Waals surface area contributed by atoms with Crippen molar-refractivity contribution in [3.8, 4) is 34.0 Å². The molecule has 4 rings (SSSR count). The molecule has 10 nitrogen and oxygen atoms in total. The van der Waals surface area contributed by atoms with Crippen LogP contribution >= 0.6 is 0 Å². The number of aromatic nitrogens is 5. The van der Waals surface area contributed by atoms with E-state index in [-0.39, 0.29) is 17.3 Å². The minimum atomic E-state index is -0.861. The average molecular weight is 478 g/mol. The molecule has 0 aliphatic carbocycles. The third kappa shape index (κ3) is 5.16. The number of aromatic amines is 2. The summed E-state index contributed by atoms with van der Waals surface area (Å²) in [6.45, 7) is 7.83. The Kier molecular flexibility index (Phi) is 6.81. The van der Waals surface area contributed by atoms with Crippen LogP contribution in [-0.4, -0.2) is 49.2 Å². The molecule has 3 N–H and O–H groups in total. The number of hydrogen-bond donors (Lipinski definition) is 3. The molecule has 0 saturated heterocycles. The molecule has 2 heterocycles. The van der Waals surface area contributed by atoms with Gasteiger partial charge in [-0.3, -0.25) is 9.59 Å². The molecule has 0 unspecified atom stereocenters. The van der Waals surface area contributed by atoms with Crippen molar-refractivity contribution in [1.29, 1.82) is 0 Å². The van der Waals surface area contributed by atoms with Gasteiger partial charge < -0.3 is 19.6 Å². The molecule has 4 aromatic rings. The Morgan fingerprint density at radius 2 is 1.83 bits per heavy atom. The predicted octanol–water partition coefficient (Wildman–Crippen LogP) is 3.82. The standard InChI is InChI=1S/C25H27N5O5/c1-5-34-20-12-16(6-8-18(20)22-26-23-21(24(31)27-22)28-30-29-23)15-7-9-19(35-13(2)3)17(11-15)10-14(4)25(32)33/h6-9,11-14H,5,10H2,1-4H3,(H,32,33)(H2,26,27,28,29,30,31)/t14-/m0/s1. The van der Waals surface area contributed by atoms with E-state index in [9.17, 15) is 14.7 Å². The summed E-state index contributed by atoms with van der Waals surface area (Å²) in [6, 6.07) is 11.3. The van der Waals surface area contributed by atoms with E-state index in [1.165, 1.54) is 0 Å². The quantitative estimate of drug-likeness (QED) is 0.330. The van der Waals surface area contributed by atoms with E-state index < -0.39 is 17.4 Å². The van der Waals surface area contributed by atoms with E-state index in [1.807, 2.05) is 57.2 Å². The lowest BCUT2D eigenvalue weighted by molar-refractivity contribution is -0.141. The smallest absolute Gasteiger partial charge is 0.306 e. The summed E-state index contributed by atoms with van der Waals surface area (Å²) >= 11 is 0. The third-order valence-electron chi connectivity index (χ3n) is 5.44. The number of aliphatic carboxylic acids is 1. The molecule has 0 fully saturated rings. The van der Waals surface area contributed by atoms with Crippen molar-refractivity contribution in [3.05, 3.63) is 52.3 Å². The van der Waals surface area contributed by atoms with Gasteiger partial charge in [0.2, 0.25) is 0 Å². The van der Waals surface area contributed by atoms with Gasteiger partial charge in [-0.2, -0.15) is 0 Å².